The lowest BCUT2D eigenvalue weighted by Gasteiger charge is -2.08. The third kappa shape index (κ3) is 3.97. The van der Waals surface area contributed by atoms with Crippen LogP contribution in [-0.2, 0) is 13.5 Å². The number of ether oxygens (including phenoxy) is 1. The summed E-state index contributed by atoms with van der Waals surface area (Å²) in [5.74, 6) is 0.889. The molecule has 24 heavy (non-hydrogen) atoms. The van der Waals surface area contributed by atoms with Gasteiger partial charge in [-0.25, -0.2) is 0 Å². The van der Waals surface area contributed by atoms with E-state index in [4.69, 9.17) is 4.74 Å². The Morgan fingerprint density at radius 2 is 1.96 bits per heavy atom. The van der Waals surface area contributed by atoms with Crippen molar-refractivity contribution in [2.45, 2.75) is 6.42 Å². The molecule has 1 heterocycles. The van der Waals surface area contributed by atoms with Gasteiger partial charge in [0, 0.05) is 31.0 Å². The van der Waals surface area contributed by atoms with Crippen molar-refractivity contribution in [3.8, 4) is 17.0 Å². The zero-order chi connectivity index (χ0) is 16.9. The number of benzene rings is 2. The van der Waals surface area contributed by atoms with E-state index >= 15 is 0 Å². The van der Waals surface area contributed by atoms with E-state index in [0.29, 0.717) is 0 Å². The molecule has 3 aromatic rings. The Morgan fingerprint density at radius 1 is 1.17 bits per heavy atom. The number of halogens is 1. The van der Waals surface area contributed by atoms with Gasteiger partial charge in [-0.05, 0) is 52.2 Å². The highest BCUT2D eigenvalue weighted by Gasteiger charge is 2.08. The number of nitrogens with one attached hydrogen (secondary N) is 1. The predicted octanol–water partition coefficient (Wildman–Crippen LogP) is 4.51. The first kappa shape index (κ1) is 16.6. The number of hydrogen-bond acceptors (Lipinski definition) is 3. The Bertz CT molecular complexity index is 812. The first-order valence-corrected chi connectivity index (χ1v) is 8.61. The van der Waals surface area contributed by atoms with E-state index < -0.39 is 0 Å². The third-order valence-electron chi connectivity index (χ3n) is 3.82. The van der Waals surface area contributed by atoms with E-state index in [-0.39, 0.29) is 0 Å². The molecule has 1 aromatic heterocycles. The molecular formula is C19H20BrN3O. The molecule has 0 saturated carbocycles. The molecule has 5 heteroatoms. The van der Waals surface area contributed by atoms with Crippen LogP contribution in [0.2, 0.25) is 0 Å². The van der Waals surface area contributed by atoms with Crippen LogP contribution in [0.4, 0.5) is 5.69 Å². The maximum absolute atomic E-state index is 5.18. The first-order valence-electron chi connectivity index (χ1n) is 7.82. The topological polar surface area (TPSA) is 39.1 Å². The van der Waals surface area contributed by atoms with Crippen LogP contribution in [0.5, 0.6) is 5.75 Å². The first-order chi connectivity index (χ1) is 11.7. The molecule has 3 rings (SSSR count). The number of hydrogen-bond donors (Lipinski definition) is 1. The Labute approximate surface area is 150 Å². The number of rotatable bonds is 6. The molecule has 1 N–H and O–H groups in total. The standard InChI is InChI=1S/C19H20BrN3O/c1-23-13-18(20)19(22-23)15-4-3-5-16(12-15)21-11-10-14-6-8-17(24-2)9-7-14/h3-9,12-13,21H,10-11H2,1-2H3. The molecule has 0 saturated heterocycles. The van der Waals surface area contributed by atoms with Gasteiger partial charge < -0.3 is 10.1 Å². The molecule has 2 aromatic carbocycles. The summed E-state index contributed by atoms with van der Waals surface area (Å²) in [5.41, 5.74) is 4.43. The van der Waals surface area contributed by atoms with Gasteiger partial charge in [0.2, 0.25) is 0 Å². The molecule has 0 aliphatic rings. The molecule has 4 nitrogen and oxygen atoms in total. The Balaban J connectivity index is 1.63. The molecule has 0 aliphatic heterocycles. The van der Waals surface area contributed by atoms with E-state index in [1.165, 1.54) is 5.56 Å². The summed E-state index contributed by atoms with van der Waals surface area (Å²) in [6.07, 6.45) is 2.92. The van der Waals surface area contributed by atoms with E-state index in [0.717, 1.165) is 40.1 Å². The minimum Gasteiger partial charge on any atom is -0.497 e. The fourth-order valence-corrected chi connectivity index (χ4v) is 3.18. The van der Waals surface area contributed by atoms with Gasteiger partial charge in [-0.15, -0.1) is 0 Å². The molecule has 0 spiro atoms. The Morgan fingerprint density at radius 3 is 2.62 bits per heavy atom. The molecule has 124 valence electrons. The van der Waals surface area contributed by atoms with Crippen molar-refractivity contribution in [2.24, 2.45) is 7.05 Å². The van der Waals surface area contributed by atoms with Gasteiger partial charge in [-0.3, -0.25) is 4.68 Å². The second-order valence-corrected chi connectivity index (χ2v) is 6.46. The number of aromatic nitrogens is 2. The van der Waals surface area contributed by atoms with Gasteiger partial charge in [-0.1, -0.05) is 24.3 Å². The fraction of sp³-hybridized carbons (Fsp3) is 0.211. The number of aryl methyl sites for hydroxylation is 1. The van der Waals surface area contributed by atoms with Crippen molar-refractivity contribution >= 4 is 21.6 Å². The van der Waals surface area contributed by atoms with E-state index in [1.807, 2.05) is 36.1 Å². The lowest BCUT2D eigenvalue weighted by atomic mass is 10.1. The quantitative estimate of drug-likeness (QED) is 0.678. The van der Waals surface area contributed by atoms with Gasteiger partial charge in [0.1, 0.15) is 11.4 Å². The summed E-state index contributed by atoms with van der Waals surface area (Å²) < 4.78 is 7.99. The molecule has 0 atom stereocenters. The molecular weight excluding hydrogens is 366 g/mol. The maximum atomic E-state index is 5.18. The smallest absolute Gasteiger partial charge is 0.118 e. The highest BCUT2D eigenvalue weighted by molar-refractivity contribution is 9.10. The Hall–Kier alpha value is -2.27. The van der Waals surface area contributed by atoms with E-state index in [9.17, 15) is 0 Å². The van der Waals surface area contributed by atoms with Gasteiger partial charge in [-0.2, -0.15) is 5.10 Å². The molecule has 0 aliphatic carbocycles. The minimum atomic E-state index is 0.874. The van der Waals surface area contributed by atoms with E-state index in [2.05, 4.69) is 56.7 Å². The van der Waals surface area contributed by atoms with Crippen molar-refractivity contribution in [2.75, 3.05) is 19.0 Å². The third-order valence-corrected chi connectivity index (χ3v) is 4.40. The van der Waals surface area contributed by atoms with Crippen LogP contribution in [0, 0.1) is 0 Å². The fourth-order valence-electron chi connectivity index (χ4n) is 2.58. The molecule has 0 radical (unpaired) electrons. The van der Waals surface area contributed by atoms with Gasteiger partial charge >= 0.3 is 0 Å². The number of methoxy groups -OCH3 is 1. The summed E-state index contributed by atoms with van der Waals surface area (Å²) in [4.78, 5) is 0. The van der Waals surface area contributed by atoms with Crippen LogP contribution in [0.3, 0.4) is 0 Å². The van der Waals surface area contributed by atoms with Crippen LogP contribution in [0.15, 0.2) is 59.2 Å². The summed E-state index contributed by atoms with van der Waals surface area (Å²) in [6, 6.07) is 16.5. The summed E-state index contributed by atoms with van der Waals surface area (Å²) in [6.45, 7) is 0.874. The molecule has 0 fully saturated rings. The predicted molar refractivity (Wildman–Crippen MR) is 102 cm³/mol. The second kappa shape index (κ2) is 7.53. The van der Waals surface area contributed by atoms with Crippen molar-refractivity contribution in [3.63, 3.8) is 0 Å². The molecule has 0 unspecified atom stereocenters. The van der Waals surface area contributed by atoms with Crippen molar-refractivity contribution in [1.82, 2.24) is 9.78 Å². The van der Waals surface area contributed by atoms with Crippen molar-refractivity contribution < 1.29 is 4.74 Å². The lowest BCUT2D eigenvalue weighted by Crippen LogP contribution is -2.04. The average molecular weight is 386 g/mol. The van der Waals surface area contributed by atoms with Gasteiger partial charge in [0.25, 0.3) is 0 Å². The van der Waals surface area contributed by atoms with Crippen LogP contribution in [0.1, 0.15) is 5.56 Å². The number of anilines is 1. The lowest BCUT2D eigenvalue weighted by molar-refractivity contribution is 0.414. The highest BCUT2D eigenvalue weighted by atomic mass is 79.9. The SMILES string of the molecule is COc1ccc(CCNc2cccc(-c3nn(C)cc3Br)c2)cc1. The van der Waals surface area contributed by atoms with Crippen LogP contribution in [-0.4, -0.2) is 23.4 Å². The van der Waals surface area contributed by atoms with Crippen LogP contribution < -0.4 is 10.1 Å². The van der Waals surface area contributed by atoms with Crippen LogP contribution >= 0.6 is 15.9 Å². The zero-order valence-electron chi connectivity index (χ0n) is 13.8. The van der Waals surface area contributed by atoms with E-state index in [1.54, 1.807) is 7.11 Å². The minimum absolute atomic E-state index is 0.874. The normalized spacial score (nSPS) is 10.6. The summed E-state index contributed by atoms with van der Waals surface area (Å²) in [5, 5.41) is 7.97. The summed E-state index contributed by atoms with van der Waals surface area (Å²) in [7, 11) is 3.61. The highest BCUT2D eigenvalue weighted by Crippen LogP contribution is 2.28. The Kier molecular flexibility index (Phi) is 5.20. The largest absolute Gasteiger partial charge is 0.497 e. The average Bonchev–Trinajstić information content (AvgIpc) is 2.94. The van der Waals surface area contributed by atoms with Crippen molar-refractivity contribution in [3.05, 3.63) is 64.8 Å². The van der Waals surface area contributed by atoms with Gasteiger partial charge in [0.05, 0.1) is 11.6 Å². The second-order valence-electron chi connectivity index (χ2n) is 5.60. The number of nitrogens with zero attached hydrogens (tertiary/aromatic N) is 2. The van der Waals surface area contributed by atoms with Gasteiger partial charge in [0.15, 0.2) is 0 Å². The van der Waals surface area contributed by atoms with Crippen molar-refractivity contribution in [1.29, 1.82) is 0 Å². The zero-order valence-corrected chi connectivity index (χ0v) is 15.4. The monoisotopic (exact) mass is 385 g/mol. The summed E-state index contributed by atoms with van der Waals surface area (Å²) >= 11 is 3.56. The maximum Gasteiger partial charge on any atom is 0.118 e. The molecule has 0 amide bonds. The molecule has 0 bridgehead atoms. The van der Waals surface area contributed by atoms with Crippen LogP contribution in [0.25, 0.3) is 11.3 Å².